The maximum Gasteiger partial charge on any atom is 0.350 e. The molecule has 0 saturated heterocycles. The van der Waals surface area contributed by atoms with E-state index in [-0.39, 0.29) is 0 Å². The summed E-state index contributed by atoms with van der Waals surface area (Å²) in [6.45, 7) is 0. The maximum absolute atomic E-state index is 11.9. The Labute approximate surface area is 101 Å². The van der Waals surface area contributed by atoms with E-state index in [1.807, 2.05) is 0 Å². The van der Waals surface area contributed by atoms with E-state index >= 15 is 0 Å². The summed E-state index contributed by atoms with van der Waals surface area (Å²) < 4.78 is 1.79. The fourth-order valence-electron chi connectivity index (χ4n) is 2.31. The summed E-state index contributed by atoms with van der Waals surface area (Å²) in [6.07, 6.45) is 1.74. The van der Waals surface area contributed by atoms with Gasteiger partial charge in [-0.2, -0.15) is 0 Å². The molecule has 0 aliphatic heterocycles. The molecule has 2 atom stereocenters. The molecule has 1 aliphatic carbocycles. The van der Waals surface area contributed by atoms with Gasteiger partial charge in [0.2, 0.25) is 0 Å². The molecule has 18 heavy (non-hydrogen) atoms. The first-order valence-electron chi connectivity index (χ1n) is 5.58. The fraction of sp³-hybridized carbons (Fsp3) is 0.600. The third kappa shape index (κ3) is 1.84. The zero-order valence-corrected chi connectivity index (χ0v) is 9.78. The van der Waals surface area contributed by atoms with E-state index in [9.17, 15) is 24.8 Å². The molecule has 1 aliphatic rings. The van der Waals surface area contributed by atoms with E-state index in [4.69, 9.17) is 0 Å². The predicted molar refractivity (Wildman–Crippen MR) is 61.5 cm³/mol. The van der Waals surface area contributed by atoms with Crippen LogP contribution in [0.4, 0.5) is 5.69 Å². The van der Waals surface area contributed by atoms with E-state index in [0.717, 1.165) is 15.3 Å². The van der Waals surface area contributed by atoms with Crippen LogP contribution in [-0.4, -0.2) is 25.3 Å². The molecular formula is C10H13N3O5. The van der Waals surface area contributed by atoms with Crippen molar-refractivity contribution in [2.45, 2.75) is 31.4 Å². The average molecular weight is 255 g/mol. The van der Waals surface area contributed by atoms with Crippen LogP contribution in [0.2, 0.25) is 0 Å². The van der Waals surface area contributed by atoms with E-state index in [0.29, 0.717) is 19.3 Å². The molecule has 98 valence electrons. The van der Waals surface area contributed by atoms with Crippen molar-refractivity contribution in [1.29, 1.82) is 0 Å². The Kier molecular flexibility index (Phi) is 3.04. The van der Waals surface area contributed by atoms with Gasteiger partial charge in [-0.15, -0.1) is 0 Å². The molecule has 0 unspecified atom stereocenters. The predicted octanol–water partition coefficient (Wildman–Crippen LogP) is -0.459. The first kappa shape index (κ1) is 12.5. The number of hydrogen-bond acceptors (Lipinski definition) is 5. The lowest BCUT2D eigenvalue weighted by molar-refractivity contribution is -0.387. The molecular weight excluding hydrogens is 242 g/mol. The van der Waals surface area contributed by atoms with Crippen LogP contribution in [0.25, 0.3) is 0 Å². The third-order valence-corrected chi connectivity index (χ3v) is 3.23. The molecule has 1 N–H and O–H groups in total. The second kappa shape index (κ2) is 4.37. The van der Waals surface area contributed by atoms with Crippen LogP contribution >= 0.6 is 0 Å². The zero-order valence-electron chi connectivity index (χ0n) is 9.78. The first-order chi connectivity index (χ1) is 8.43. The van der Waals surface area contributed by atoms with Gasteiger partial charge in [-0.25, -0.2) is 9.36 Å². The molecule has 0 bridgehead atoms. The van der Waals surface area contributed by atoms with Gasteiger partial charge in [0, 0.05) is 7.05 Å². The largest absolute Gasteiger partial charge is 0.391 e. The van der Waals surface area contributed by atoms with E-state index in [1.165, 1.54) is 7.05 Å². The van der Waals surface area contributed by atoms with Crippen molar-refractivity contribution < 1.29 is 10.0 Å². The summed E-state index contributed by atoms with van der Waals surface area (Å²) in [5.74, 6) is 0. The number of aromatic nitrogens is 2. The summed E-state index contributed by atoms with van der Waals surface area (Å²) in [5, 5.41) is 20.5. The first-order valence-corrected chi connectivity index (χ1v) is 5.58. The van der Waals surface area contributed by atoms with Crippen LogP contribution in [0.1, 0.15) is 25.3 Å². The lowest BCUT2D eigenvalue weighted by Gasteiger charge is -2.17. The van der Waals surface area contributed by atoms with E-state index in [2.05, 4.69) is 0 Å². The van der Waals surface area contributed by atoms with Crippen molar-refractivity contribution in [3.05, 3.63) is 37.1 Å². The minimum absolute atomic E-state index is 0.470. The molecule has 0 aromatic carbocycles. The van der Waals surface area contributed by atoms with Gasteiger partial charge in [0.25, 0.3) is 0 Å². The Hall–Kier alpha value is -1.96. The van der Waals surface area contributed by atoms with Crippen LogP contribution in [0, 0.1) is 10.1 Å². The number of rotatable bonds is 2. The van der Waals surface area contributed by atoms with E-state index < -0.39 is 34.0 Å². The van der Waals surface area contributed by atoms with Crippen LogP contribution in [0.5, 0.6) is 0 Å². The lowest BCUT2D eigenvalue weighted by atomic mass is 10.2. The van der Waals surface area contributed by atoms with Crippen molar-refractivity contribution in [1.82, 2.24) is 9.13 Å². The highest BCUT2D eigenvalue weighted by Crippen LogP contribution is 2.28. The minimum Gasteiger partial charge on any atom is -0.391 e. The summed E-state index contributed by atoms with van der Waals surface area (Å²) in [5.41, 5.74) is -2.25. The van der Waals surface area contributed by atoms with Crippen molar-refractivity contribution in [3.8, 4) is 0 Å². The topological polar surface area (TPSA) is 107 Å². The Balaban J connectivity index is 2.69. The van der Waals surface area contributed by atoms with Gasteiger partial charge in [0.15, 0.2) is 0 Å². The minimum atomic E-state index is -0.950. The summed E-state index contributed by atoms with van der Waals surface area (Å²) in [7, 11) is 1.34. The molecule has 1 heterocycles. The molecule has 1 saturated carbocycles. The second-order valence-corrected chi connectivity index (χ2v) is 4.41. The Bertz CT molecular complexity index is 603. The van der Waals surface area contributed by atoms with Crippen molar-refractivity contribution in [2.24, 2.45) is 7.05 Å². The molecule has 1 aromatic rings. The Morgan fingerprint density at radius 3 is 2.61 bits per heavy atom. The number of nitrogens with zero attached hydrogens (tertiary/aromatic N) is 3. The molecule has 2 rings (SSSR count). The standard InChI is InChI=1S/C10H13N3O5/c1-11-5-7(13(17)18)9(15)12(10(11)16)6-3-2-4-8(6)14/h5-6,8,14H,2-4H2,1H3/t6-,8-/m0/s1. The van der Waals surface area contributed by atoms with Crippen molar-refractivity contribution in [2.75, 3.05) is 0 Å². The highest BCUT2D eigenvalue weighted by molar-refractivity contribution is 5.22. The molecule has 8 heteroatoms. The second-order valence-electron chi connectivity index (χ2n) is 4.41. The van der Waals surface area contributed by atoms with Gasteiger partial charge in [0.05, 0.1) is 23.3 Å². The number of aryl methyl sites for hydroxylation is 1. The van der Waals surface area contributed by atoms with Gasteiger partial charge in [-0.1, -0.05) is 0 Å². The zero-order chi connectivity index (χ0) is 13.4. The summed E-state index contributed by atoms with van der Waals surface area (Å²) >= 11 is 0. The Morgan fingerprint density at radius 2 is 2.11 bits per heavy atom. The quantitative estimate of drug-likeness (QED) is 0.568. The number of aliphatic hydroxyl groups is 1. The SMILES string of the molecule is Cn1cc([N+](=O)[O-])c(=O)n([C@H]2CCC[C@@H]2O)c1=O. The van der Waals surface area contributed by atoms with Crippen LogP contribution < -0.4 is 11.2 Å². The van der Waals surface area contributed by atoms with Gasteiger partial charge in [-0.3, -0.25) is 19.5 Å². The number of aliphatic hydroxyl groups excluding tert-OH is 1. The molecule has 1 aromatic heterocycles. The van der Waals surface area contributed by atoms with Crippen LogP contribution in [0.15, 0.2) is 15.8 Å². The number of hydrogen-bond donors (Lipinski definition) is 1. The average Bonchev–Trinajstić information content (AvgIpc) is 2.70. The smallest absolute Gasteiger partial charge is 0.350 e. The molecule has 0 spiro atoms. The fourth-order valence-corrected chi connectivity index (χ4v) is 2.31. The summed E-state index contributed by atoms with van der Waals surface area (Å²) in [4.78, 5) is 33.7. The molecule has 8 nitrogen and oxygen atoms in total. The highest BCUT2D eigenvalue weighted by atomic mass is 16.6. The molecule has 0 amide bonds. The Morgan fingerprint density at radius 1 is 1.44 bits per heavy atom. The van der Waals surface area contributed by atoms with Crippen LogP contribution in [0.3, 0.4) is 0 Å². The van der Waals surface area contributed by atoms with Crippen LogP contribution in [-0.2, 0) is 7.05 Å². The van der Waals surface area contributed by atoms with Gasteiger partial charge in [0.1, 0.15) is 0 Å². The van der Waals surface area contributed by atoms with Crippen molar-refractivity contribution in [3.63, 3.8) is 0 Å². The van der Waals surface area contributed by atoms with Gasteiger partial charge < -0.3 is 5.11 Å². The van der Waals surface area contributed by atoms with Gasteiger partial charge in [-0.05, 0) is 19.3 Å². The van der Waals surface area contributed by atoms with Crippen molar-refractivity contribution >= 4 is 5.69 Å². The highest BCUT2D eigenvalue weighted by Gasteiger charge is 2.32. The monoisotopic (exact) mass is 255 g/mol. The summed E-state index contributed by atoms with van der Waals surface area (Å²) in [6, 6.07) is -0.670. The molecule has 0 radical (unpaired) electrons. The third-order valence-electron chi connectivity index (χ3n) is 3.23. The van der Waals surface area contributed by atoms with Gasteiger partial charge >= 0.3 is 16.9 Å². The normalized spacial score (nSPS) is 23.2. The maximum atomic E-state index is 11.9. The van der Waals surface area contributed by atoms with E-state index in [1.54, 1.807) is 0 Å². The molecule has 1 fully saturated rings. The number of nitro groups is 1. The lowest BCUT2D eigenvalue weighted by Crippen LogP contribution is -2.43.